The summed E-state index contributed by atoms with van der Waals surface area (Å²) in [7, 11) is 0. The Bertz CT molecular complexity index is 695. The van der Waals surface area contributed by atoms with E-state index in [4.69, 9.17) is 0 Å². The molecule has 2 nitrogen and oxygen atoms in total. The molecule has 0 saturated heterocycles. The third-order valence-electron chi connectivity index (χ3n) is 2.85. The van der Waals surface area contributed by atoms with Gasteiger partial charge in [-0.05, 0) is 22.9 Å². The summed E-state index contributed by atoms with van der Waals surface area (Å²) < 4.78 is 14.2. The molecule has 1 aromatic carbocycles. The second-order valence-electron chi connectivity index (χ2n) is 4.03. The third-order valence-corrected chi connectivity index (χ3v) is 3.83. The molecule has 2 aromatic heterocycles. The molecule has 0 amide bonds. The molecule has 3 aromatic rings. The van der Waals surface area contributed by atoms with E-state index in [1.54, 1.807) is 11.3 Å². The average molecular weight is 259 g/mol. The van der Waals surface area contributed by atoms with Crippen LogP contribution in [-0.2, 0) is 0 Å². The van der Waals surface area contributed by atoms with Crippen LogP contribution in [0.2, 0.25) is 0 Å². The predicted octanol–water partition coefficient (Wildman–Crippen LogP) is 3.52. The van der Waals surface area contributed by atoms with E-state index in [-0.39, 0.29) is 0 Å². The van der Waals surface area contributed by atoms with Crippen molar-refractivity contribution in [3.05, 3.63) is 65.0 Å². The van der Waals surface area contributed by atoms with E-state index >= 15 is 0 Å². The van der Waals surface area contributed by atoms with Crippen LogP contribution >= 0.6 is 11.3 Å². The summed E-state index contributed by atoms with van der Waals surface area (Å²) in [5, 5.41) is 13.2. The molecule has 3 rings (SSSR count). The lowest BCUT2D eigenvalue weighted by molar-refractivity contribution is 0.221. The molecule has 4 heteroatoms. The van der Waals surface area contributed by atoms with Crippen LogP contribution < -0.4 is 0 Å². The number of nitrogens with zero attached hydrogens (tertiary/aromatic N) is 1. The maximum absolute atomic E-state index is 13.1. The summed E-state index contributed by atoms with van der Waals surface area (Å²) in [6, 6.07) is 9.15. The lowest BCUT2D eigenvalue weighted by atomic mass is 10.0. The zero-order chi connectivity index (χ0) is 12.5. The Balaban J connectivity index is 2.09. The van der Waals surface area contributed by atoms with Gasteiger partial charge in [-0.1, -0.05) is 18.2 Å². The minimum absolute atomic E-state index is 0.439. The lowest BCUT2D eigenvalue weighted by Gasteiger charge is -2.09. The average Bonchev–Trinajstić information content (AvgIpc) is 2.82. The predicted molar refractivity (Wildman–Crippen MR) is 70.1 cm³/mol. The molecule has 0 bridgehead atoms. The number of pyridine rings is 1. The van der Waals surface area contributed by atoms with Crippen molar-refractivity contribution in [3.8, 4) is 0 Å². The van der Waals surface area contributed by atoms with Crippen molar-refractivity contribution in [2.75, 3.05) is 0 Å². The number of hydrogen-bond donors (Lipinski definition) is 1. The summed E-state index contributed by atoms with van der Waals surface area (Å²) in [6.45, 7) is 0. The molecule has 0 radical (unpaired) electrons. The summed E-state index contributed by atoms with van der Waals surface area (Å²) in [4.78, 5) is 3.76. The van der Waals surface area contributed by atoms with E-state index in [1.165, 1.54) is 12.3 Å². The Labute approximate surface area is 107 Å². The molecule has 90 valence electrons. The van der Waals surface area contributed by atoms with Crippen LogP contribution in [0, 0.1) is 5.82 Å². The number of hydrogen-bond acceptors (Lipinski definition) is 3. The van der Waals surface area contributed by atoms with E-state index in [9.17, 15) is 9.50 Å². The van der Waals surface area contributed by atoms with E-state index in [0.29, 0.717) is 5.56 Å². The maximum atomic E-state index is 13.1. The number of aliphatic hydroxyl groups is 1. The molecular weight excluding hydrogens is 249 g/mol. The second-order valence-corrected chi connectivity index (χ2v) is 4.94. The Hall–Kier alpha value is -1.78. The first-order valence-corrected chi connectivity index (χ1v) is 6.38. The van der Waals surface area contributed by atoms with Gasteiger partial charge in [0.1, 0.15) is 11.9 Å². The highest BCUT2D eigenvalue weighted by Crippen LogP contribution is 2.33. The van der Waals surface area contributed by atoms with E-state index in [1.807, 2.05) is 29.6 Å². The van der Waals surface area contributed by atoms with Crippen LogP contribution in [-0.4, -0.2) is 10.1 Å². The zero-order valence-electron chi connectivity index (χ0n) is 9.38. The molecule has 0 fully saturated rings. The van der Waals surface area contributed by atoms with Crippen molar-refractivity contribution in [2.45, 2.75) is 6.10 Å². The fourth-order valence-corrected chi connectivity index (χ4v) is 2.95. The van der Waals surface area contributed by atoms with Crippen LogP contribution in [0.1, 0.15) is 17.2 Å². The Kier molecular flexibility index (Phi) is 2.81. The fourth-order valence-electron chi connectivity index (χ4n) is 1.97. The van der Waals surface area contributed by atoms with Crippen LogP contribution in [0.5, 0.6) is 0 Å². The molecule has 2 heterocycles. The van der Waals surface area contributed by atoms with Gasteiger partial charge < -0.3 is 5.11 Å². The lowest BCUT2D eigenvalue weighted by Crippen LogP contribution is -2.00. The van der Waals surface area contributed by atoms with Gasteiger partial charge in [-0.25, -0.2) is 4.39 Å². The van der Waals surface area contributed by atoms with Gasteiger partial charge in [-0.15, -0.1) is 11.3 Å². The zero-order valence-corrected chi connectivity index (χ0v) is 10.2. The molecule has 0 aliphatic rings. The monoisotopic (exact) mass is 259 g/mol. The summed E-state index contributed by atoms with van der Waals surface area (Å²) in [5.74, 6) is -0.439. The molecule has 0 spiro atoms. The highest BCUT2D eigenvalue weighted by molar-refractivity contribution is 7.17. The van der Waals surface area contributed by atoms with Gasteiger partial charge >= 0.3 is 0 Å². The second kappa shape index (κ2) is 4.48. The van der Waals surface area contributed by atoms with Crippen molar-refractivity contribution < 1.29 is 9.50 Å². The number of fused-ring (bicyclic) bond motifs is 1. The van der Waals surface area contributed by atoms with Gasteiger partial charge in [0.25, 0.3) is 0 Å². The van der Waals surface area contributed by atoms with Crippen molar-refractivity contribution >= 4 is 21.4 Å². The quantitative estimate of drug-likeness (QED) is 0.764. The molecule has 1 unspecified atom stereocenters. The normalized spacial score (nSPS) is 12.8. The largest absolute Gasteiger partial charge is 0.384 e. The molecule has 1 atom stereocenters. The summed E-state index contributed by atoms with van der Waals surface area (Å²) in [6.07, 6.45) is 1.77. The smallest absolute Gasteiger partial charge is 0.141 e. The first kappa shape index (κ1) is 11.3. The van der Waals surface area contributed by atoms with E-state index in [0.717, 1.165) is 21.8 Å². The van der Waals surface area contributed by atoms with Crippen molar-refractivity contribution in [1.29, 1.82) is 0 Å². The third kappa shape index (κ3) is 1.89. The highest BCUT2D eigenvalue weighted by Gasteiger charge is 2.15. The van der Waals surface area contributed by atoms with Crippen molar-refractivity contribution in [3.63, 3.8) is 0 Å². The first-order valence-electron chi connectivity index (χ1n) is 5.50. The topological polar surface area (TPSA) is 33.1 Å². The summed E-state index contributed by atoms with van der Waals surface area (Å²) in [5.41, 5.74) is 1.27. The number of thiophene rings is 1. The van der Waals surface area contributed by atoms with Gasteiger partial charge in [-0.3, -0.25) is 4.98 Å². The van der Waals surface area contributed by atoms with Gasteiger partial charge in [0.2, 0.25) is 0 Å². The van der Waals surface area contributed by atoms with Gasteiger partial charge in [0, 0.05) is 22.0 Å². The molecular formula is C14H10FNOS. The molecule has 0 aliphatic heterocycles. The van der Waals surface area contributed by atoms with Crippen LogP contribution in [0.15, 0.2) is 48.1 Å². The fraction of sp³-hybridized carbons (Fsp3) is 0.0714. The van der Waals surface area contributed by atoms with Crippen molar-refractivity contribution in [2.24, 2.45) is 0 Å². The highest BCUT2D eigenvalue weighted by atomic mass is 32.1. The SMILES string of the molecule is OC(c1cncc(F)c1)c1csc2ccccc12. The van der Waals surface area contributed by atoms with E-state index in [2.05, 4.69) is 4.98 Å². The molecule has 0 saturated carbocycles. The van der Waals surface area contributed by atoms with Gasteiger partial charge in [0.15, 0.2) is 0 Å². The van der Waals surface area contributed by atoms with Gasteiger partial charge in [-0.2, -0.15) is 0 Å². The number of aliphatic hydroxyl groups excluding tert-OH is 1. The number of benzene rings is 1. The van der Waals surface area contributed by atoms with Crippen molar-refractivity contribution in [1.82, 2.24) is 4.98 Å². The Morgan fingerprint density at radius 1 is 1.22 bits per heavy atom. The van der Waals surface area contributed by atoms with Crippen LogP contribution in [0.25, 0.3) is 10.1 Å². The van der Waals surface area contributed by atoms with Gasteiger partial charge in [0.05, 0.1) is 6.20 Å². The van der Waals surface area contributed by atoms with Crippen LogP contribution in [0.4, 0.5) is 4.39 Å². The number of rotatable bonds is 2. The first-order chi connectivity index (χ1) is 8.75. The minimum Gasteiger partial charge on any atom is -0.384 e. The Morgan fingerprint density at radius 2 is 2.06 bits per heavy atom. The van der Waals surface area contributed by atoms with Crippen LogP contribution in [0.3, 0.4) is 0 Å². The minimum atomic E-state index is -0.843. The van der Waals surface area contributed by atoms with E-state index < -0.39 is 11.9 Å². The maximum Gasteiger partial charge on any atom is 0.141 e. The molecule has 18 heavy (non-hydrogen) atoms. The molecule has 0 aliphatic carbocycles. The Morgan fingerprint density at radius 3 is 2.89 bits per heavy atom. The standard InChI is InChI=1S/C14H10FNOS/c15-10-5-9(6-16-7-10)14(17)12-8-18-13-4-2-1-3-11(12)13/h1-8,14,17H. The molecule has 1 N–H and O–H groups in total. The summed E-state index contributed by atoms with van der Waals surface area (Å²) >= 11 is 1.57. The number of aromatic nitrogens is 1. The number of halogens is 1.